The van der Waals surface area contributed by atoms with Gasteiger partial charge in [-0.05, 0) is 12.0 Å². The van der Waals surface area contributed by atoms with E-state index < -0.39 is 33.6 Å². The Morgan fingerprint density at radius 2 is 1.47 bits per heavy atom. The topological polar surface area (TPSA) is 91.7 Å². The summed E-state index contributed by atoms with van der Waals surface area (Å²) < 4.78 is 29.9. The summed E-state index contributed by atoms with van der Waals surface area (Å²) in [5.41, 5.74) is 0. The molecule has 0 aliphatic rings. The maximum atomic E-state index is 11.4. The van der Waals surface area contributed by atoms with Gasteiger partial charge in [0.25, 0.3) is 10.1 Å². The Bertz CT molecular complexity index is 404. The quantitative estimate of drug-likeness (QED) is 0.503. The van der Waals surface area contributed by atoms with Crippen LogP contribution >= 0.6 is 0 Å². The van der Waals surface area contributed by atoms with Crippen molar-refractivity contribution in [3.05, 3.63) is 0 Å². The third-order valence-corrected chi connectivity index (χ3v) is 13.9. The molecular formula is C9H21LiO5SSi. The van der Waals surface area contributed by atoms with Crippen LogP contribution in [0.4, 0.5) is 0 Å². The second-order valence-electron chi connectivity index (χ2n) is 5.69. The minimum Gasteiger partial charge on any atom is -1.00 e. The van der Waals surface area contributed by atoms with Gasteiger partial charge in [0.1, 0.15) is 0 Å². The van der Waals surface area contributed by atoms with Crippen LogP contribution in [-0.4, -0.2) is 36.5 Å². The molecule has 1 unspecified atom stereocenters. The monoisotopic (exact) mass is 276 g/mol. The summed E-state index contributed by atoms with van der Waals surface area (Å²) in [7, 11) is -7.44. The van der Waals surface area contributed by atoms with Crippen LogP contribution in [0.1, 0.15) is 29.1 Å². The van der Waals surface area contributed by atoms with Crippen LogP contribution in [0.3, 0.4) is 0 Å². The van der Waals surface area contributed by atoms with Gasteiger partial charge in [-0.15, -0.1) is 0 Å². The molecule has 0 aromatic rings. The molecule has 2 N–H and O–H groups in total. The second-order valence-corrected chi connectivity index (χ2v) is 13.6. The number of carboxylic acid groups (broad SMARTS) is 1. The molecule has 1 atom stereocenters. The molecule has 0 saturated carbocycles. The van der Waals surface area contributed by atoms with Crippen molar-refractivity contribution in [2.45, 2.75) is 50.2 Å². The number of hydrogen-bond acceptors (Lipinski definition) is 3. The van der Waals surface area contributed by atoms with Gasteiger partial charge in [-0.3, -0.25) is 9.35 Å². The minimum atomic E-state index is -4.64. The van der Waals surface area contributed by atoms with Crippen molar-refractivity contribution < 1.29 is 43.2 Å². The molecule has 0 amide bonds. The number of aliphatic carboxylic acids is 1. The zero-order chi connectivity index (χ0) is 13.6. The predicted molar refractivity (Wildman–Crippen MR) is 65.9 cm³/mol. The second kappa shape index (κ2) is 5.06. The average molecular weight is 276 g/mol. The fourth-order valence-electron chi connectivity index (χ4n) is 1.42. The molecule has 98 valence electrons. The standard InChI is InChI=1S/C9H20O5SSi.Li.H/c1-8(2,3)16(5,6)9(4,7(10)11)15(12,13)14;;/h1-6H3,(H,10,11)(H,12,13,14);;/q;+1;-1. The first-order chi connectivity index (χ1) is 6.69. The molecule has 0 aliphatic heterocycles. The summed E-state index contributed by atoms with van der Waals surface area (Å²) >= 11 is 0. The Morgan fingerprint density at radius 1 is 1.18 bits per heavy atom. The molecule has 0 bridgehead atoms. The third-order valence-electron chi connectivity index (χ3n) is 3.99. The Labute approximate surface area is 117 Å². The Morgan fingerprint density at radius 3 is 1.53 bits per heavy atom. The molecule has 0 spiro atoms. The SMILES string of the molecule is CC(C)(C)[Si](C)(C)C(C)(C(=O)O)S(=O)(=O)O.[H-].[Li+]. The van der Waals surface area contributed by atoms with E-state index in [0.29, 0.717) is 0 Å². The molecular weight excluding hydrogens is 255 g/mol. The van der Waals surface area contributed by atoms with Crippen molar-refractivity contribution in [2.24, 2.45) is 0 Å². The average Bonchev–Trinajstić information content (AvgIpc) is 1.97. The van der Waals surface area contributed by atoms with Crippen LogP contribution < -0.4 is 18.9 Å². The zero-order valence-corrected chi connectivity index (χ0v) is 13.3. The number of carboxylic acids is 1. The fraction of sp³-hybridized carbons (Fsp3) is 0.889. The maximum absolute atomic E-state index is 11.4. The van der Waals surface area contributed by atoms with E-state index in [1.807, 2.05) is 0 Å². The molecule has 8 heteroatoms. The van der Waals surface area contributed by atoms with Gasteiger partial charge >= 0.3 is 24.8 Å². The van der Waals surface area contributed by atoms with Crippen molar-refractivity contribution in [1.82, 2.24) is 0 Å². The van der Waals surface area contributed by atoms with Gasteiger partial charge in [0.2, 0.25) is 0 Å². The van der Waals surface area contributed by atoms with E-state index in [9.17, 15) is 17.8 Å². The van der Waals surface area contributed by atoms with Crippen LogP contribution in [0.25, 0.3) is 0 Å². The van der Waals surface area contributed by atoms with E-state index in [4.69, 9.17) is 5.11 Å². The van der Waals surface area contributed by atoms with E-state index in [-0.39, 0.29) is 20.3 Å². The van der Waals surface area contributed by atoms with Crippen molar-refractivity contribution >= 4 is 24.2 Å². The van der Waals surface area contributed by atoms with Gasteiger partial charge in [-0.25, -0.2) is 0 Å². The van der Waals surface area contributed by atoms with Crippen LogP contribution in [-0.2, 0) is 14.9 Å². The van der Waals surface area contributed by atoms with Crippen LogP contribution in [0, 0.1) is 0 Å². The summed E-state index contributed by atoms with van der Waals surface area (Å²) in [6.45, 7) is 9.81. The summed E-state index contributed by atoms with van der Waals surface area (Å²) in [5, 5.41) is 8.70. The van der Waals surface area contributed by atoms with Gasteiger partial charge in [0.15, 0.2) is 4.37 Å². The molecule has 0 aromatic carbocycles. The molecule has 0 heterocycles. The molecule has 0 radical (unpaired) electrons. The maximum Gasteiger partial charge on any atom is 1.00 e. The number of rotatable bonds is 3. The van der Waals surface area contributed by atoms with Crippen LogP contribution in [0.2, 0.25) is 18.1 Å². The summed E-state index contributed by atoms with van der Waals surface area (Å²) in [4.78, 5) is 11.3. The van der Waals surface area contributed by atoms with E-state index in [2.05, 4.69) is 0 Å². The normalized spacial score (nSPS) is 16.9. The molecule has 17 heavy (non-hydrogen) atoms. The van der Waals surface area contributed by atoms with Gasteiger partial charge in [0, 0.05) is 0 Å². The molecule has 5 nitrogen and oxygen atoms in total. The van der Waals surface area contributed by atoms with Crippen molar-refractivity contribution in [1.29, 1.82) is 0 Å². The fourth-order valence-corrected chi connectivity index (χ4v) is 7.10. The van der Waals surface area contributed by atoms with Gasteiger partial charge in [0.05, 0.1) is 8.07 Å². The largest absolute Gasteiger partial charge is 1.00 e. The van der Waals surface area contributed by atoms with Crippen molar-refractivity contribution in [3.8, 4) is 0 Å². The minimum absolute atomic E-state index is 0. The first kappa shape index (κ1) is 19.5. The molecule has 0 rings (SSSR count). The Hall–Kier alpha value is 0.194. The van der Waals surface area contributed by atoms with E-state index in [1.165, 1.54) is 0 Å². The Balaban J connectivity index is -0.00000112. The van der Waals surface area contributed by atoms with Gasteiger partial charge in [-0.2, -0.15) is 8.42 Å². The number of carbonyl (C=O) groups is 1. The van der Waals surface area contributed by atoms with Crippen LogP contribution in [0.15, 0.2) is 0 Å². The molecule has 0 aromatic heterocycles. The van der Waals surface area contributed by atoms with Crippen molar-refractivity contribution in [3.63, 3.8) is 0 Å². The first-order valence-electron chi connectivity index (χ1n) is 4.90. The van der Waals surface area contributed by atoms with E-state index in [1.54, 1.807) is 33.9 Å². The van der Waals surface area contributed by atoms with Gasteiger partial charge < -0.3 is 6.53 Å². The number of hydrogen-bond donors (Lipinski definition) is 2. The van der Waals surface area contributed by atoms with Crippen LogP contribution in [0.5, 0.6) is 0 Å². The zero-order valence-electron chi connectivity index (χ0n) is 12.5. The van der Waals surface area contributed by atoms with Gasteiger partial charge in [-0.1, -0.05) is 33.9 Å². The van der Waals surface area contributed by atoms with E-state index in [0.717, 1.165) is 6.92 Å². The molecule has 0 saturated heterocycles. The predicted octanol–water partition coefficient (Wildman–Crippen LogP) is -1.12. The summed E-state index contributed by atoms with van der Waals surface area (Å²) in [5.74, 6) is -1.48. The van der Waals surface area contributed by atoms with E-state index >= 15 is 0 Å². The Kier molecular flexibility index (Phi) is 5.81. The molecule has 0 aliphatic carbocycles. The molecule has 0 fully saturated rings. The summed E-state index contributed by atoms with van der Waals surface area (Å²) in [6.07, 6.45) is 0. The summed E-state index contributed by atoms with van der Waals surface area (Å²) in [6, 6.07) is 0. The first-order valence-corrected chi connectivity index (χ1v) is 9.34. The third kappa shape index (κ3) is 2.96. The smallest absolute Gasteiger partial charge is 1.00 e. The van der Waals surface area contributed by atoms with Crippen molar-refractivity contribution in [2.75, 3.05) is 0 Å².